The Kier molecular flexibility index (Phi) is 4.34. The van der Waals surface area contributed by atoms with Gasteiger partial charge in [-0.05, 0) is 43.2 Å². The third-order valence-electron chi connectivity index (χ3n) is 4.55. The highest BCUT2D eigenvalue weighted by atomic mass is 16.5. The van der Waals surface area contributed by atoms with E-state index < -0.39 is 0 Å². The molecule has 2 N–H and O–H groups in total. The minimum Gasteiger partial charge on any atom is -0.504 e. The van der Waals surface area contributed by atoms with E-state index in [1.54, 1.807) is 12.1 Å². The summed E-state index contributed by atoms with van der Waals surface area (Å²) in [5.41, 5.74) is 2.37. The largest absolute Gasteiger partial charge is 0.504 e. The zero-order chi connectivity index (χ0) is 17.3. The van der Waals surface area contributed by atoms with Gasteiger partial charge in [0.05, 0.1) is 12.7 Å². The molecule has 0 radical (unpaired) electrons. The van der Waals surface area contributed by atoms with Crippen LogP contribution in [0.15, 0.2) is 42.5 Å². The lowest BCUT2D eigenvalue weighted by molar-refractivity contribution is 0.0593. The van der Waals surface area contributed by atoms with Crippen molar-refractivity contribution in [1.29, 1.82) is 0 Å². The Labute approximate surface area is 141 Å². The Bertz CT molecular complexity index is 760. The number of rotatable bonds is 4. The van der Waals surface area contributed by atoms with E-state index in [4.69, 9.17) is 4.74 Å². The summed E-state index contributed by atoms with van der Waals surface area (Å²) in [6, 6.07) is 12.8. The summed E-state index contributed by atoms with van der Waals surface area (Å²) in [7, 11) is 1.51. The molecule has 0 unspecified atom stereocenters. The van der Waals surface area contributed by atoms with Crippen molar-refractivity contribution in [2.24, 2.45) is 0 Å². The average molecular weight is 326 g/mol. The van der Waals surface area contributed by atoms with Crippen molar-refractivity contribution in [3.8, 4) is 11.5 Å². The maximum absolute atomic E-state index is 13.0. The molecule has 24 heavy (non-hydrogen) atoms. The molecule has 1 amide bonds. The van der Waals surface area contributed by atoms with E-state index in [9.17, 15) is 9.90 Å². The topological polar surface area (TPSA) is 61.8 Å². The molecule has 0 bridgehead atoms. The summed E-state index contributed by atoms with van der Waals surface area (Å²) in [5.74, 6) is 0.485. The Morgan fingerprint density at radius 3 is 2.75 bits per heavy atom. The van der Waals surface area contributed by atoms with Crippen molar-refractivity contribution >= 4 is 11.6 Å². The highest BCUT2D eigenvalue weighted by Gasteiger charge is 2.35. The standard InChI is InChI=1S/C19H22N2O3/c1-4-12(2)21-18(13-9-10-16(22)17(11-13)24-3)20-15-8-6-5-7-14(15)19(21)23/h5-12,18,20,22H,4H2,1-3H3/t12-,18-/m1/s1. The molecule has 0 spiro atoms. The maximum atomic E-state index is 13.0. The van der Waals surface area contributed by atoms with Crippen LogP contribution in [0.5, 0.6) is 11.5 Å². The number of fused-ring (bicyclic) bond motifs is 1. The summed E-state index contributed by atoms with van der Waals surface area (Å²) in [6.45, 7) is 4.10. The zero-order valence-corrected chi connectivity index (χ0v) is 14.1. The second-order valence-corrected chi connectivity index (χ2v) is 5.99. The van der Waals surface area contributed by atoms with Crippen molar-refractivity contribution in [2.75, 3.05) is 12.4 Å². The number of hydrogen-bond donors (Lipinski definition) is 2. The summed E-state index contributed by atoms with van der Waals surface area (Å²) >= 11 is 0. The van der Waals surface area contributed by atoms with Crippen LogP contribution in [0, 0.1) is 0 Å². The number of phenols is 1. The molecule has 1 aliphatic heterocycles. The molecule has 0 saturated heterocycles. The second kappa shape index (κ2) is 6.43. The van der Waals surface area contributed by atoms with E-state index in [1.165, 1.54) is 7.11 Å². The Morgan fingerprint density at radius 2 is 2.04 bits per heavy atom. The first-order valence-electron chi connectivity index (χ1n) is 8.12. The highest BCUT2D eigenvalue weighted by molar-refractivity contribution is 6.01. The van der Waals surface area contributed by atoms with Crippen LogP contribution in [0.2, 0.25) is 0 Å². The predicted molar refractivity (Wildman–Crippen MR) is 93.4 cm³/mol. The Hall–Kier alpha value is -2.69. The van der Waals surface area contributed by atoms with Gasteiger partial charge in [0.25, 0.3) is 5.91 Å². The molecular weight excluding hydrogens is 304 g/mol. The van der Waals surface area contributed by atoms with Crippen molar-refractivity contribution in [3.05, 3.63) is 53.6 Å². The van der Waals surface area contributed by atoms with Crippen LogP contribution in [0.25, 0.3) is 0 Å². The first-order chi connectivity index (χ1) is 11.6. The first-order valence-corrected chi connectivity index (χ1v) is 8.12. The van der Waals surface area contributed by atoms with Gasteiger partial charge in [0.15, 0.2) is 11.5 Å². The number of para-hydroxylation sites is 1. The number of benzene rings is 2. The van der Waals surface area contributed by atoms with Crippen molar-refractivity contribution in [2.45, 2.75) is 32.5 Å². The molecule has 1 heterocycles. The van der Waals surface area contributed by atoms with Gasteiger partial charge in [-0.3, -0.25) is 4.79 Å². The number of nitrogens with zero attached hydrogens (tertiary/aromatic N) is 1. The molecule has 2 aromatic carbocycles. The number of aromatic hydroxyl groups is 1. The molecule has 0 saturated carbocycles. The minimum atomic E-state index is -0.308. The lowest BCUT2D eigenvalue weighted by Gasteiger charge is -2.41. The number of nitrogens with one attached hydrogen (secondary N) is 1. The Balaban J connectivity index is 2.09. The van der Waals surface area contributed by atoms with Crippen LogP contribution in [0.3, 0.4) is 0 Å². The maximum Gasteiger partial charge on any atom is 0.258 e. The molecular formula is C19H22N2O3. The van der Waals surface area contributed by atoms with Crippen molar-refractivity contribution in [3.63, 3.8) is 0 Å². The van der Waals surface area contributed by atoms with E-state index >= 15 is 0 Å². The van der Waals surface area contributed by atoms with Gasteiger partial charge in [0.1, 0.15) is 6.17 Å². The molecule has 0 aliphatic carbocycles. The molecule has 3 rings (SSSR count). The second-order valence-electron chi connectivity index (χ2n) is 5.99. The summed E-state index contributed by atoms with van der Waals surface area (Å²) in [6.07, 6.45) is 0.540. The molecule has 126 valence electrons. The first kappa shape index (κ1) is 16.2. The molecule has 0 aromatic heterocycles. The molecule has 0 fully saturated rings. The number of methoxy groups -OCH3 is 1. The van der Waals surface area contributed by atoms with Gasteiger partial charge in [0.2, 0.25) is 0 Å². The van der Waals surface area contributed by atoms with Gasteiger partial charge < -0.3 is 20.1 Å². The van der Waals surface area contributed by atoms with Gasteiger partial charge in [-0.25, -0.2) is 0 Å². The van der Waals surface area contributed by atoms with E-state index in [2.05, 4.69) is 12.2 Å². The summed E-state index contributed by atoms with van der Waals surface area (Å²) in [4.78, 5) is 14.9. The SMILES string of the molecule is CC[C@@H](C)N1C(=O)c2ccccc2N[C@H]1c1ccc(O)c(OC)c1. The molecule has 2 aromatic rings. The lowest BCUT2D eigenvalue weighted by atomic mass is 10.0. The summed E-state index contributed by atoms with van der Waals surface area (Å²) in [5, 5.41) is 13.3. The molecule has 1 aliphatic rings. The number of phenolic OH excluding ortho intramolecular Hbond substituents is 1. The van der Waals surface area contributed by atoms with E-state index in [-0.39, 0.29) is 23.9 Å². The summed E-state index contributed by atoms with van der Waals surface area (Å²) < 4.78 is 5.21. The monoisotopic (exact) mass is 326 g/mol. The fraction of sp³-hybridized carbons (Fsp3) is 0.316. The normalized spacial score (nSPS) is 17.9. The number of ether oxygens (including phenoxy) is 1. The predicted octanol–water partition coefficient (Wildman–Crippen LogP) is 3.77. The lowest BCUT2D eigenvalue weighted by Crippen LogP contribution is -2.47. The van der Waals surface area contributed by atoms with Gasteiger partial charge in [-0.1, -0.05) is 25.1 Å². The minimum absolute atomic E-state index is 0.00995. The fourth-order valence-electron chi connectivity index (χ4n) is 3.03. The van der Waals surface area contributed by atoms with Crippen molar-refractivity contribution in [1.82, 2.24) is 4.90 Å². The average Bonchev–Trinajstić information content (AvgIpc) is 2.61. The van der Waals surface area contributed by atoms with Crippen LogP contribution in [-0.4, -0.2) is 29.1 Å². The van der Waals surface area contributed by atoms with Gasteiger partial charge in [-0.2, -0.15) is 0 Å². The van der Waals surface area contributed by atoms with Crippen molar-refractivity contribution < 1.29 is 14.6 Å². The van der Waals surface area contributed by atoms with Crippen LogP contribution in [-0.2, 0) is 0 Å². The Morgan fingerprint density at radius 1 is 1.29 bits per heavy atom. The van der Waals surface area contributed by atoms with E-state index in [0.717, 1.165) is 17.7 Å². The number of anilines is 1. The van der Waals surface area contributed by atoms with E-state index in [1.807, 2.05) is 42.2 Å². The quantitative estimate of drug-likeness (QED) is 0.898. The van der Waals surface area contributed by atoms with E-state index in [0.29, 0.717) is 11.3 Å². The molecule has 5 nitrogen and oxygen atoms in total. The van der Waals surface area contributed by atoms with Crippen LogP contribution in [0.1, 0.15) is 42.4 Å². The van der Waals surface area contributed by atoms with Gasteiger partial charge in [-0.15, -0.1) is 0 Å². The third-order valence-corrected chi connectivity index (χ3v) is 4.55. The smallest absolute Gasteiger partial charge is 0.258 e. The highest BCUT2D eigenvalue weighted by Crippen LogP contribution is 2.37. The number of carbonyl (C=O) groups is 1. The third kappa shape index (κ3) is 2.66. The van der Waals surface area contributed by atoms with Crippen LogP contribution in [0.4, 0.5) is 5.69 Å². The van der Waals surface area contributed by atoms with Crippen LogP contribution < -0.4 is 10.1 Å². The molecule has 2 atom stereocenters. The van der Waals surface area contributed by atoms with Gasteiger partial charge >= 0.3 is 0 Å². The number of amides is 1. The fourth-order valence-corrected chi connectivity index (χ4v) is 3.03. The van der Waals surface area contributed by atoms with Gasteiger partial charge in [0, 0.05) is 11.7 Å². The number of hydrogen-bond acceptors (Lipinski definition) is 4. The van der Waals surface area contributed by atoms with Crippen LogP contribution >= 0.6 is 0 Å². The number of carbonyl (C=O) groups excluding carboxylic acids is 1. The zero-order valence-electron chi connectivity index (χ0n) is 14.1. The molecule has 5 heteroatoms.